The molecule has 5 nitrogen and oxygen atoms in total. The molecule has 1 atom stereocenters. The number of halogens is 2. The van der Waals surface area contributed by atoms with Crippen LogP contribution >= 0.6 is 15.9 Å². The van der Waals surface area contributed by atoms with E-state index in [0.29, 0.717) is 45.0 Å². The Kier molecular flexibility index (Phi) is 5.85. The number of piperazine rings is 1. The quantitative estimate of drug-likeness (QED) is 0.704. The predicted octanol–water partition coefficient (Wildman–Crippen LogP) is 3.29. The number of carbonyl (C=O) groups is 2. The minimum Gasteiger partial charge on any atom is -0.366 e. The number of nitrogens with zero attached hydrogens (tertiary/aromatic N) is 3. The van der Waals surface area contributed by atoms with Gasteiger partial charge in [0, 0.05) is 50.2 Å². The van der Waals surface area contributed by atoms with Gasteiger partial charge in [0.2, 0.25) is 11.8 Å². The summed E-state index contributed by atoms with van der Waals surface area (Å²) in [7, 11) is 0. The number of likely N-dealkylation sites (tertiary alicyclic amines) is 1. The van der Waals surface area contributed by atoms with Crippen LogP contribution in [0.3, 0.4) is 0 Å². The minimum atomic E-state index is -0.297. The second-order valence-electron chi connectivity index (χ2n) is 7.57. The average Bonchev–Trinajstić information content (AvgIpc) is 3.08. The molecule has 2 amide bonds. The van der Waals surface area contributed by atoms with Gasteiger partial charge in [0.1, 0.15) is 5.82 Å². The van der Waals surface area contributed by atoms with Crippen LogP contribution in [0.2, 0.25) is 0 Å². The maximum absolute atomic E-state index is 14.0. The van der Waals surface area contributed by atoms with E-state index >= 15 is 0 Å². The van der Waals surface area contributed by atoms with Gasteiger partial charge in [-0.05, 0) is 29.8 Å². The number of hydrogen-bond acceptors (Lipinski definition) is 3. The summed E-state index contributed by atoms with van der Waals surface area (Å²) in [5.74, 6) is -0.483. The van der Waals surface area contributed by atoms with E-state index in [2.05, 4.69) is 15.9 Å². The fourth-order valence-corrected chi connectivity index (χ4v) is 4.53. The van der Waals surface area contributed by atoms with Crippen molar-refractivity contribution >= 4 is 33.4 Å². The van der Waals surface area contributed by atoms with Gasteiger partial charge in [-0.15, -0.1) is 0 Å². The van der Waals surface area contributed by atoms with Gasteiger partial charge in [-0.1, -0.05) is 40.2 Å². The molecule has 2 fully saturated rings. The van der Waals surface area contributed by atoms with E-state index in [-0.39, 0.29) is 30.0 Å². The third-order valence-electron chi connectivity index (χ3n) is 5.61. The molecule has 2 saturated heterocycles. The maximum atomic E-state index is 14.0. The number of benzene rings is 2. The zero-order valence-corrected chi connectivity index (χ0v) is 17.6. The van der Waals surface area contributed by atoms with Gasteiger partial charge in [-0.25, -0.2) is 4.39 Å². The van der Waals surface area contributed by atoms with E-state index in [4.69, 9.17) is 0 Å². The van der Waals surface area contributed by atoms with E-state index < -0.39 is 0 Å². The van der Waals surface area contributed by atoms with Crippen LogP contribution in [0.25, 0.3) is 0 Å². The van der Waals surface area contributed by atoms with Crippen molar-refractivity contribution in [3.8, 4) is 0 Å². The Morgan fingerprint density at radius 2 is 1.83 bits per heavy atom. The molecule has 2 aromatic rings. The summed E-state index contributed by atoms with van der Waals surface area (Å²) in [5, 5.41) is 0. The first-order chi connectivity index (χ1) is 14.0. The molecule has 2 aliphatic heterocycles. The lowest BCUT2D eigenvalue weighted by molar-refractivity contribution is -0.136. The summed E-state index contributed by atoms with van der Waals surface area (Å²) < 4.78 is 15.0. The molecule has 7 heteroatoms. The normalized spacial score (nSPS) is 19.7. The zero-order chi connectivity index (χ0) is 20.4. The molecule has 0 radical (unpaired) electrons. The molecule has 0 aromatic heterocycles. The molecule has 29 heavy (non-hydrogen) atoms. The number of rotatable bonds is 4. The van der Waals surface area contributed by atoms with Gasteiger partial charge in [0.15, 0.2) is 0 Å². The molecule has 0 bridgehead atoms. The molecule has 0 saturated carbocycles. The first-order valence-corrected chi connectivity index (χ1v) is 10.6. The Morgan fingerprint density at radius 3 is 2.55 bits per heavy atom. The SMILES string of the molecule is O=C1C[C@@H](C(=O)N2CCN(c3ccccc3F)CC2)CN1Cc1cccc(Br)c1. The summed E-state index contributed by atoms with van der Waals surface area (Å²) in [6.07, 6.45) is 0.264. The maximum Gasteiger partial charge on any atom is 0.228 e. The third-order valence-corrected chi connectivity index (χ3v) is 6.10. The van der Waals surface area contributed by atoms with Crippen LogP contribution in [0.15, 0.2) is 53.0 Å². The average molecular weight is 460 g/mol. The number of para-hydroxylation sites is 1. The second kappa shape index (κ2) is 8.53. The molecule has 152 valence electrons. The van der Waals surface area contributed by atoms with Crippen molar-refractivity contribution in [2.75, 3.05) is 37.6 Å². The summed E-state index contributed by atoms with van der Waals surface area (Å²) in [5.41, 5.74) is 1.62. The number of amides is 2. The van der Waals surface area contributed by atoms with Crippen molar-refractivity contribution in [2.45, 2.75) is 13.0 Å². The lowest BCUT2D eigenvalue weighted by Gasteiger charge is -2.37. The summed E-state index contributed by atoms with van der Waals surface area (Å²) in [6, 6.07) is 14.6. The number of anilines is 1. The van der Waals surface area contributed by atoms with E-state index in [1.54, 1.807) is 17.0 Å². The Labute approximate surface area is 178 Å². The van der Waals surface area contributed by atoms with Gasteiger partial charge in [0.25, 0.3) is 0 Å². The van der Waals surface area contributed by atoms with Gasteiger partial charge in [0.05, 0.1) is 11.6 Å². The van der Waals surface area contributed by atoms with Crippen molar-refractivity contribution in [1.29, 1.82) is 0 Å². The number of carbonyl (C=O) groups excluding carboxylic acids is 2. The van der Waals surface area contributed by atoms with E-state index in [9.17, 15) is 14.0 Å². The molecule has 2 heterocycles. The minimum absolute atomic E-state index is 0.0216. The van der Waals surface area contributed by atoms with Crippen LogP contribution in [0.4, 0.5) is 10.1 Å². The lowest BCUT2D eigenvalue weighted by Crippen LogP contribution is -2.50. The highest BCUT2D eigenvalue weighted by Gasteiger charge is 2.37. The Bertz CT molecular complexity index is 914. The topological polar surface area (TPSA) is 43.9 Å². The van der Waals surface area contributed by atoms with E-state index in [1.807, 2.05) is 40.1 Å². The fourth-order valence-electron chi connectivity index (χ4n) is 4.08. The van der Waals surface area contributed by atoms with Crippen LogP contribution in [-0.2, 0) is 16.1 Å². The first kappa shape index (κ1) is 19.9. The number of hydrogen-bond donors (Lipinski definition) is 0. The lowest BCUT2D eigenvalue weighted by atomic mass is 10.1. The van der Waals surface area contributed by atoms with E-state index in [1.165, 1.54) is 6.07 Å². The van der Waals surface area contributed by atoms with E-state index in [0.717, 1.165) is 10.0 Å². The van der Waals surface area contributed by atoms with Gasteiger partial charge >= 0.3 is 0 Å². The predicted molar refractivity (Wildman–Crippen MR) is 113 cm³/mol. The Hall–Kier alpha value is -2.41. The first-order valence-electron chi connectivity index (χ1n) is 9.82. The molecule has 0 aliphatic carbocycles. The summed E-state index contributed by atoms with van der Waals surface area (Å²) in [6.45, 7) is 3.25. The van der Waals surface area contributed by atoms with Crippen LogP contribution < -0.4 is 4.90 Å². The smallest absolute Gasteiger partial charge is 0.228 e. The molecule has 0 spiro atoms. The molecule has 2 aliphatic rings. The standard InChI is InChI=1S/C22H23BrFN3O2/c23-18-5-3-4-16(12-18)14-27-15-17(13-21(27)28)22(29)26-10-8-25(9-11-26)20-7-2-1-6-19(20)24/h1-7,12,17H,8-11,13-15H2/t17-/m1/s1. The molecule has 0 unspecified atom stereocenters. The second-order valence-corrected chi connectivity index (χ2v) is 8.48. The molecular weight excluding hydrogens is 437 g/mol. The van der Waals surface area contributed by atoms with Crippen molar-refractivity contribution in [3.63, 3.8) is 0 Å². The van der Waals surface area contributed by atoms with Crippen molar-refractivity contribution in [2.24, 2.45) is 5.92 Å². The van der Waals surface area contributed by atoms with Gasteiger partial charge in [-0.3, -0.25) is 9.59 Å². The van der Waals surface area contributed by atoms with Gasteiger partial charge < -0.3 is 14.7 Å². The Balaban J connectivity index is 1.33. The van der Waals surface area contributed by atoms with Crippen molar-refractivity contribution in [1.82, 2.24) is 9.80 Å². The van der Waals surface area contributed by atoms with Crippen molar-refractivity contribution in [3.05, 3.63) is 64.4 Å². The highest BCUT2D eigenvalue weighted by molar-refractivity contribution is 9.10. The molecule has 4 rings (SSSR count). The monoisotopic (exact) mass is 459 g/mol. The highest BCUT2D eigenvalue weighted by Crippen LogP contribution is 2.25. The van der Waals surface area contributed by atoms with Gasteiger partial charge in [-0.2, -0.15) is 0 Å². The third kappa shape index (κ3) is 4.45. The molecule has 2 aromatic carbocycles. The van der Waals surface area contributed by atoms with Crippen LogP contribution in [0, 0.1) is 11.7 Å². The largest absolute Gasteiger partial charge is 0.366 e. The summed E-state index contributed by atoms with van der Waals surface area (Å²) >= 11 is 3.45. The van der Waals surface area contributed by atoms with Crippen LogP contribution in [0.1, 0.15) is 12.0 Å². The highest BCUT2D eigenvalue weighted by atomic mass is 79.9. The molecular formula is C22H23BrFN3O2. The molecule has 0 N–H and O–H groups in total. The summed E-state index contributed by atoms with van der Waals surface area (Å²) in [4.78, 5) is 30.9. The van der Waals surface area contributed by atoms with Crippen molar-refractivity contribution < 1.29 is 14.0 Å². The van der Waals surface area contributed by atoms with Crippen LogP contribution in [0.5, 0.6) is 0 Å². The zero-order valence-electron chi connectivity index (χ0n) is 16.1. The van der Waals surface area contributed by atoms with Crippen LogP contribution in [-0.4, -0.2) is 54.3 Å². The Morgan fingerprint density at radius 1 is 1.07 bits per heavy atom. The fraction of sp³-hybridized carbons (Fsp3) is 0.364.